The smallest absolute Gasteiger partial charge is 0.115 e. The molecule has 0 spiro atoms. The first-order chi connectivity index (χ1) is 6.77. The third-order valence-corrected chi connectivity index (χ3v) is 3.94. The average molecular weight is 209 g/mol. The van der Waals surface area contributed by atoms with Crippen molar-refractivity contribution in [1.29, 1.82) is 0 Å². The molecule has 2 rings (SSSR count). The van der Waals surface area contributed by atoms with Gasteiger partial charge in [0.05, 0.1) is 0 Å². The van der Waals surface area contributed by atoms with Gasteiger partial charge in [-0.25, -0.2) is 0 Å². The monoisotopic (exact) mass is 209 g/mol. The number of hydrogen-bond donors (Lipinski definition) is 2. The Balaban J connectivity index is 2.09. The summed E-state index contributed by atoms with van der Waals surface area (Å²) in [6, 6.07) is 7.38. The van der Waals surface area contributed by atoms with E-state index in [0.29, 0.717) is 11.7 Å². The molecule has 0 aliphatic carbocycles. The number of phenols is 1. The fourth-order valence-electron chi connectivity index (χ4n) is 1.80. The van der Waals surface area contributed by atoms with Gasteiger partial charge in [-0.15, -0.1) is 0 Å². The number of nitrogens with two attached hydrogens (primary N) is 1. The Kier molecular flexibility index (Phi) is 2.99. The van der Waals surface area contributed by atoms with Crippen LogP contribution in [0.2, 0.25) is 0 Å². The van der Waals surface area contributed by atoms with Crippen LogP contribution in [-0.4, -0.2) is 16.6 Å². The van der Waals surface area contributed by atoms with Crippen molar-refractivity contribution in [2.75, 3.05) is 11.5 Å². The summed E-state index contributed by atoms with van der Waals surface area (Å²) in [5.74, 6) is 3.31. The first-order valence-electron chi connectivity index (χ1n) is 4.89. The Hall–Kier alpha value is -0.670. The molecule has 1 aliphatic rings. The van der Waals surface area contributed by atoms with Crippen molar-refractivity contribution in [3.8, 4) is 5.75 Å². The van der Waals surface area contributed by atoms with Gasteiger partial charge in [-0.05, 0) is 41.5 Å². The van der Waals surface area contributed by atoms with Crippen molar-refractivity contribution >= 4 is 11.8 Å². The second-order valence-corrected chi connectivity index (χ2v) is 4.89. The molecule has 1 fully saturated rings. The lowest BCUT2D eigenvalue weighted by molar-refractivity contribution is 0.468. The molecule has 3 N–H and O–H groups in total. The first-order valence-corrected chi connectivity index (χ1v) is 6.05. The number of hydrogen-bond acceptors (Lipinski definition) is 3. The molecule has 14 heavy (non-hydrogen) atoms. The van der Waals surface area contributed by atoms with E-state index in [1.54, 1.807) is 12.1 Å². The third kappa shape index (κ3) is 2.04. The van der Waals surface area contributed by atoms with Gasteiger partial charge in [0.2, 0.25) is 0 Å². The largest absolute Gasteiger partial charge is 0.508 e. The summed E-state index contributed by atoms with van der Waals surface area (Å²) in [5, 5.41) is 9.16. The predicted octanol–water partition coefficient (Wildman–Crippen LogP) is 2.15. The molecule has 2 unspecified atom stereocenters. The van der Waals surface area contributed by atoms with E-state index in [1.165, 1.54) is 17.9 Å². The van der Waals surface area contributed by atoms with E-state index < -0.39 is 0 Å². The maximum atomic E-state index is 9.16. The quantitative estimate of drug-likeness (QED) is 0.784. The van der Waals surface area contributed by atoms with Crippen LogP contribution in [0.25, 0.3) is 0 Å². The van der Waals surface area contributed by atoms with E-state index >= 15 is 0 Å². The van der Waals surface area contributed by atoms with E-state index in [2.05, 4.69) is 0 Å². The first kappa shape index (κ1) is 9.87. The molecule has 0 aromatic heterocycles. The molecule has 2 nitrogen and oxygen atoms in total. The van der Waals surface area contributed by atoms with Gasteiger partial charge in [0, 0.05) is 6.04 Å². The minimum Gasteiger partial charge on any atom is -0.508 e. The van der Waals surface area contributed by atoms with Crippen molar-refractivity contribution in [2.45, 2.75) is 12.5 Å². The molecular weight excluding hydrogens is 194 g/mol. The average Bonchev–Trinajstić information content (AvgIpc) is 2.71. The molecule has 3 heteroatoms. The number of thioether (sulfide) groups is 1. The number of rotatable bonds is 2. The molecule has 1 aliphatic heterocycles. The van der Waals surface area contributed by atoms with Crippen LogP contribution < -0.4 is 5.73 Å². The zero-order valence-corrected chi connectivity index (χ0v) is 8.83. The van der Waals surface area contributed by atoms with Crippen LogP contribution in [0.1, 0.15) is 18.0 Å². The van der Waals surface area contributed by atoms with Gasteiger partial charge < -0.3 is 10.8 Å². The van der Waals surface area contributed by atoms with Gasteiger partial charge in [0.25, 0.3) is 0 Å². The Bertz CT molecular complexity index is 293. The molecule has 0 radical (unpaired) electrons. The van der Waals surface area contributed by atoms with E-state index in [9.17, 15) is 0 Å². The van der Waals surface area contributed by atoms with Gasteiger partial charge in [0.1, 0.15) is 5.75 Å². The van der Waals surface area contributed by atoms with Gasteiger partial charge >= 0.3 is 0 Å². The van der Waals surface area contributed by atoms with Crippen molar-refractivity contribution < 1.29 is 5.11 Å². The summed E-state index contributed by atoms with van der Waals surface area (Å²) in [7, 11) is 0. The van der Waals surface area contributed by atoms with Gasteiger partial charge in [0.15, 0.2) is 0 Å². The second-order valence-electron chi connectivity index (χ2n) is 3.74. The Morgan fingerprint density at radius 3 is 2.64 bits per heavy atom. The van der Waals surface area contributed by atoms with Crippen LogP contribution in [0.15, 0.2) is 24.3 Å². The number of benzene rings is 1. The van der Waals surface area contributed by atoms with E-state index in [1.807, 2.05) is 23.9 Å². The SMILES string of the molecule is NC(c1ccc(O)cc1)C1CCSC1. The molecule has 0 amide bonds. The van der Waals surface area contributed by atoms with Crippen molar-refractivity contribution in [2.24, 2.45) is 11.7 Å². The minimum absolute atomic E-state index is 0.130. The summed E-state index contributed by atoms with van der Waals surface area (Å²) >= 11 is 1.98. The highest BCUT2D eigenvalue weighted by molar-refractivity contribution is 7.99. The molecular formula is C11H15NOS. The topological polar surface area (TPSA) is 46.2 Å². The van der Waals surface area contributed by atoms with E-state index in [-0.39, 0.29) is 6.04 Å². The highest BCUT2D eigenvalue weighted by atomic mass is 32.2. The maximum Gasteiger partial charge on any atom is 0.115 e. The molecule has 0 saturated carbocycles. The van der Waals surface area contributed by atoms with Gasteiger partial charge in [-0.1, -0.05) is 12.1 Å². The van der Waals surface area contributed by atoms with Crippen LogP contribution in [0.4, 0.5) is 0 Å². The fourth-order valence-corrected chi connectivity index (χ4v) is 3.12. The zero-order valence-electron chi connectivity index (χ0n) is 8.02. The molecule has 76 valence electrons. The standard InChI is InChI=1S/C11H15NOS/c12-11(9-5-6-14-7-9)8-1-3-10(13)4-2-8/h1-4,9,11,13H,5-7,12H2. The fraction of sp³-hybridized carbons (Fsp3) is 0.455. The normalized spacial score (nSPS) is 23.6. The minimum atomic E-state index is 0.130. The van der Waals surface area contributed by atoms with Crippen molar-refractivity contribution in [3.63, 3.8) is 0 Å². The molecule has 1 aromatic carbocycles. The number of phenolic OH excluding ortho intramolecular Hbond substituents is 1. The van der Waals surface area contributed by atoms with Gasteiger partial charge in [-0.2, -0.15) is 11.8 Å². The molecule has 0 bridgehead atoms. The highest BCUT2D eigenvalue weighted by Gasteiger charge is 2.23. The summed E-state index contributed by atoms with van der Waals surface area (Å²) in [5.41, 5.74) is 7.29. The molecule has 1 aromatic rings. The van der Waals surface area contributed by atoms with Crippen molar-refractivity contribution in [1.82, 2.24) is 0 Å². The summed E-state index contributed by atoms with van der Waals surface area (Å²) in [4.78, 5) is 0. The van der Waals surface area contributed by atoms with Crippen LogP contribution >= 0.6 is 11.8 Å². The second kappa shape index (κ2) is 4.24. The van der Waals surface area contributed by atoms with E-state index in [4.69, 9.17) is 10.8 Å². The van der Waals surface area contributed by atoms with Gasteiger partial charge in [-0.3, -0.25) is 0 Å². The lowest BCUT2D eigenvalue weighted by atomic mass is 9.93. The third-order valence-electron chi connectivity index (χ3n) is 2.75. The molecule has 1 heterocycles. The summed E-state index contributed by atoms with van der Waals surface area (Å²) in [6.07, 6.45) is 1.21. The Morgan fingerprint density at radius 2 is 2.07 bits per heavy atom. The van der Waals surface area contributed by atoms with Crippen LogP contribution in [0, 0.1) is 5.92 Å². The summed E-state index contributed by atoms with van der Waals surface area (Å²) in [6.45, 7) is 0. The maximum absolute atomic E-state index is 9.16. The Labute approximate surface area is 88.5 Å². The van der Waals surface area contributed by atoms with Crippen LogP contribution in [-0.2, 0) is 0 Å². The lowest BCUT2D eigenvalue weighted by Gasteiger charge is -2.18. The zero-order chi connectivity index (χ0) is 9.97. The van der Waals surface area contributed by atoms with Crippen molar-refractivity contribution in [3.05, 3.63) is 29.8 Å². The Morgan fingerprint density at radius 1 is 1.36 bits per heavy atom. The molecule has 1 saturated heterocycles. The molecule has 2 atom stereocenters. The van der Waals surface area contributed by atoms with Crippen LogP contribution in [0.3, 0.4) is 0 Å². The van der Waals surface area contributed by atoms with Crippen LogP contribution in [0.5, 0.6) is 5.75 Å². The highest BCUT2D eigenvalue weighted by Crippen LogP contribution is 2.32. The number of aromatic hydroxyl groups is 1. The predicted molar refractivity (Wildman–Crippen MR) is 60.5 cm³/mol. The summed E-state index contributed by atoms with van der Waals surface area (Å²) < 4.78 is 0. The van der Waals surface area contributed by atoms with E-state index in [0.717, 1.165) is 5.56 Å². The lowest BCUT2D eigenvalue weighted by Crippen LogP contribution is -2.20.